The molecular weight excluding hydrogens is 323 g/mol. The Morgan fingerprint density at radius 3 is 2.33 bits per heavy atom. The summed E-state index contributed by atoms with van der Waals surface area (Å²) in [5.74, 6) is -0.722. The van der Waals surface area contributed by atoms with E-state index in [1.54, 1.807) is 0 Å². The van der Waals surface area contributed by atoms with Gasteiger partial charge < -0.3 is 10.2 Å². The van der Waals surface area contributed by atoms with Crippen LogP contribution < -0.4 is 5.32 Å². The van der Waals surface area contributed by atoms with E-state index in [0.29, 0.717) is 32.7 Å². The molecular formula is C16H20F3N3O2. The summed E-state index contributed by atoms with van der Waals surface area (Å²) in [5.41, 5.74) is -1.25. The lowest BCUT2D eigenvalue weighted by Gasteiger charge is -2.34. The molecule has 2 rings (SSSR count). The van der Waals surface area contributed by atoms with Gasteiger partial charge in [0, 0.05) is 32.7 Å². The molecule has 5 nitrogen and oxygen atoms in total. The number of hydrogen-bond acceptors (Lipinski definition) is 3. The first-order valence-corrected chi connectivity index (χ1v) is 7.77. The second kappa shape index (κ2) is 7.65. The number of amides is 2. The molecule has 1 fully saturated rings. The number of benzene rings is 1. The molecule has 1 saturated heterocycles. The predicted octanol–water partition coefficient (Wildman–Crippen LogP) is 1.60. The van der Waals surface area contributed by atoms with E-state index < -0.39 is 17.6 Å². The maximum absolute atomic E-state index is 13.0. The van der Waals surface area contributed by atoms with Crippen molar-refractivity contribution in [1.29, 1.82) is 0 Å². The highest BCUT2D eigenvalue weighted by Crippen LogP contribution is 2.32. The van der Waals surface area contributed by atoms with Gasteiger partial charge in [0.1, 0.15) is 0 Å². The van der Waals surface area contributed by atoms with Crippen LogP contribution in [0.25, 0.3) is 0 Å². The molecule has 0 aromatic heterocycles. The third kappa shape index (κ3) is 4.47. The monoisotopic (exact) mass is 343 g/mol. The molecule has 0 aliphatic carbocycles. The number of halogens is 3. The molecule has 1 aliphatic rings. The average molecular weight is 343 g/mol. The molecule has 1 N–H and O–H groups in total. The van der Waals surface area contributed by atoms with E-state index in [1.807, 2.05) is 11.8 Å². The Labute approximate surface area is 138 Å². The Morgan fingerprint density at radius 1 is 1.12 bits per heavy atom. The van der Waals surface area contributed by atoms with Crippen LogP contribution >= 0.6 is 0 Å². The van der Waals surface area contributed by atoms with Gasteiger partial charge in [-0.05, 0) is 19.1 Å². The van der Waals surface area contributed by atoms with E-state index in [4.69, 9.17) is 0 Å². The Morgan fingerprint density at radius 2 is 1.75 bits per heavy atom. The fourth-order valence-corrected chi connectivity index (χ4v) is 2.65. The molecule has 0 spiro atoms. The van der Waals surface area contributed by atoms with Crippen LogP contribution in [0.1, 0.15) is 22.8 Å². The van der Waals surface area contributed by atoms with Gasteiger partial charge in [-0.25, -0.2) is 0 Å². The topological polar surface area (TPSA) is 52.7 Å². The lowest BCUT2D eigenvalue weighted by molar-refractivity contribution is -0.138. The average Bonchev–Trinajstić information content (AvgIpc) is 2.54. The summed E-state index contributed by atoms with van der Waals surface area (Å²) in [6, 6.07) is 4.81. The minimum absolute atomic E-state index is 0.0975. The first kappa shape index (κ1) is 18.3. The van der Waals surface area contributed by atoms with Gasteiger partial charge in [-0.3, -0.25) is 14.5 Å². The SMILES string of the molecule is CCNC(=O)CN1CCN(C(=O)c2ccccc2C(F)(F)F)CC1. The Balaban J connectivity index is 2.00. The van der Waals surface area contributed by atoms with E-state index in [-0.39, 0.29) is 18.0 Å². The second-order valence-electron chi connectivity index (χ2n) is 5.57. The number of alkyl halides is 3. The number of piperazine rings is 1. The van der Waals surface area contributed by atoms with Crippen LogP contribution in [-0.4, -0.2) is 60.9 Å². The lowest BCUT2D eigenvalue weighted by atomic mass is 10.1. The lowest BCUT2D eigenvalue weighted by Crippen LogP contribution is -2.51. The number of nitrogens with one attached hydrogen (secondary N) is 1. The first-order valence-electron chi connectivity index (χ1n) is 7.77. The summed E-state index contributed by atoms with van der Waals surface area (Å²) < 4.78 is 39.1. The standard InChI is InChI=1S/C16H20F3N3O2/c1-2-20-14(23)11-21-7-9-22(10-8-21)15(24)12-5-3-4-6-13(12)16(17,18)19/h3-6H,2,7-11H2,1H3,(H,20,23). The third-order valence-electron chi connectivity index (χ3n) is 3.86. The van der Waals surface area contributed by atoms with Crippen molar-refractivity contribution in [2.45, 2.75) is 13.1 Å². The Hall–Kier alpha value is -2.09. The largest absolute Gasteiger partial charge is 0.417 e. The van der Waals surface area contributed by atoms with Gasteiger partial charge in [-0.15, -0.1) is 0 Å². The number of carbonyl (C=O) groups is 2. The molecule has 1 aliphatic heterocycles. The van der Waals surface area contributed by atoms with Gasteiger partial charge in [-0.2, -0.15) is 13.2 Å². The smallest absolute Gasteiger partial charge is 0.355 e. The van der Waals surface area contributed by atoms with Crippen molar-refractivity contribution in [1.82, 2.24) is 15.1 Å². The number of hydrogen-bond donors (Lipinski definition) is 1. The Kier molecular flexibility index (Phi) is 5.82. The molecule has 0 unspecified atom stereocenters. The maximum atomic E-state index is 13.0. The molecule has 1 aromatic rings. The molecule has 0 radical (unpaired) electrons. The van der Waals surface area contributed by atoms with Crippen molar-refractivity contribution in [3.63, 3.8) is 0 Å². The van der Waals surface area contributed by atoms with Crippen molar-refractivity contribution in [3.8, 4) is 0 Å². The predicted molar refractivity (Wildman–Crippen MR) is 82.5 cm³/mol. The summed E-state index contributed by atoms with van der Waals surface area (Å²) in [6.45, 7) is 4.11. The van der Waals surface area contributed by atoms with Crippen LogP contribution in [0.2, 0.25) is 0 Å². The van der Waals surface area contributed by atoms with Crippen LogP contribution in [0.3, 0.4) is 0 Å². The zero-order chi connectivity index (χ0) is 17.7. The quantitative estimate of drug-likeness (QED) is 0.904. The zero-order valence-corrected chi connectivity index (χ0v) is 13.4. The summed E-state index contributed by atoms with van der Waals surface area (Å²) in [7, 11) is 0. The maximum Gasteiger partial charge on any atom is 0.417 e. The highest BCUT2D eigenvalue weighted by Gasteiger charge is 2.36. The number of rotatable bonds is 4. The fraction of sp³-hybridized carbons (Fsp3) is 0.500. The third-order valence-corrected chi connectivity index (χ3v) is 3.86. The molecule has 0 bridgehead atoms. The van der Waals surface area contributed by atoms with Gasteiger partial charge in [0.2, 0.25) is 5.91 Å². The van der Waals surface area contributed by atoms with E-state index >= 15 is 0 Å². The van der Waals surface area contributed by atoms with Gasteiger partial charge >= 0.3 is 6.18 Å². The fourth-order valence-electron chi connectivity index (χ4n) is 2.65. The van der Waals surface area contributed by atoms with E-state index in [2.05, 4.69) is 5.32 Å². The number of nitrogens with zero attached hydrogens (tertiary/aromatic N) is 2. The van der Waals surface area contributed by atoms with Gasteiger partial charge in [0.25, 0.3) is 5.91 Å². The molecule has 0 saturated carbocycles. The van der Waals surface area contributed by atoms with Crippen LogP contribution in [0.15, 0.2) is 24.3 Å². The van der Waals surface area contributed by atoms with Crippen LogP contribution in [0.5, 0.6) is 0 Å². The highest BCUT2D eigenvalue weighted by atomic mass is 19.4. The molecule has 0 atom stereocenters. The first-order chi connectivity index (χ1) is 11.3. The van der Waals surface area contributed by atoms with Crippen molar-refractivity contribution in [2.75, 3.05) is 39.3 Å². The van der Waals surface area contributed by atoms with Crippen molar-refractivity contribution < 1.29 is 22.8 Å². The number of carbonyl (C=O) groups excluding carboxylic acids is 2. The molecule has 8 heteroatoms. The van der Waals surface area contributed by atoms with Gasteiger partial charge in [0.15, 0.2) is 0 Å². The van der Waals surface area contributed by atoms with Crippen LogP contribution in [0, 0.1) is 0 Å². The summed E-state index contributed by atoms with van der Waals surface area (Å²) in [4.78, 5) is 27.3. The minimum Gasteiger partial charge on any atom is -0.355 e. The van der Waals surface area contributed by atoms with Crippen LogP contribution in [-0.2, 0) is 11.0 Å². The normalized spacial score (nSPS) is 16.1. The zero-order valence-electron chi connectivity index (χ0n) is 13.4. The molecule has 1 heterocycles. The summed E-state index contributed by atoms with van der Waals surface area (Å²) in [5, 5.41) is 2.69. The van der Waals surface area contributed by atoms with E-state index in [9.17, 15) is 22.8 Å². The highest BCUT2D eigenvalue weighted by molar-refractivity contribution is 5.96. The molecule has 24 heavy (non-hydrogen) atoms. The minimum atomic E-state index is -4.56. The number of likely N-dealkylation sites (N-methyl/N-ethyl adjacent to an activating group) is 1. The van der Waals surface area contributed by atoms with Crippen molar-refractivity contribution in [3.05, 3.63) is 35.4 Å². The second-order valence-corrected chi connectivity index (χ2v) is 5.57. The molecule has 132 valence electrons. The van der Waals surface area contributed by atoms with E-state index in [1.165, 1.54) is 23.1 Å². The molecule has 1 aromatic carbocycles. The molecule has 2 amide bonds. The summed E-state index contributed by atoms with van der Waals surface area (Å²) >= 11 is 0. The Bertz CT molecular complexity index is 596. The van der Waals surface area contributed by atoms with E-state index in [0.717, 1.165) is 6.07 Å². The van der Waals surface area contributed by atoms with Crippen molar-refractivity contribution >= 4 is 11.8 Å². The summed E-state index contributed by atoms with van der Waals surface area (Å²) in [6.07, 6.45) is -4.56. The van der Waals surface area contributed by atoms with Crippen LogP contribution in [0.4, 0.5) is 13.2 Å². The van der Waals surface area contributed by atoms with Gasteiger partial charge in [-0.1, -0.05) is 12.1 Å². The van der Waals surface area contributed by atoms with Gasteiger partial charge in [0.05, 0.1) is 17.7 Å². The van der Waals surface area contributed by atoms with Crippen molar-refractivity contribution in [2.24, 2.45) is 0 Å².